The Bertz CT molecular complexity index is 530. The van der Waals surface area contributed by atoms with Gasteiger partial charge in [-0.3, -0.25) is 0 Å². The lowest BCUT2D eigenvalue weighted by atomic mass is 10.1. The van der Waals surface area contributed by atoms with Gasteiger partial charge < -0.3 is 15.7 Å². The molecule has 0 atom stereocenters. The fourth-order valence-corrected chi connectivity index (χ4v) is 1.43. The topological polar surface area (TPSA) is 83.0 Å². The van der Waals surface area contributed by atoms with Gasteiger partial charge in [-0.05, 0) is 26.0 Å². The van der Waals surface area contributed by atoms with Crippen molar-refractivity contribution in [3.63, 3.8) is 0 Å². The number of hydrogen-bond donors (Lipinski definition) is 3. The number of aliphatic hydroxyl groups excluding tert-OH is 1. The average molecular weight is 259 g/mol. The van der Waals surface area contributed by atoms with Crippen molar-refractivity contribution in [2.45, 2.75) is 19.4 Å². The monoisotopic (exact) mass is 259 g/mol. The van der Waals surface area contributed by atoms with Crippen LogP contribution in [0.4, 0.5) is 17.5 Å². The number of benzene rings is 1. The molecule has 0 amide bonds. The third-order valence-corrected chi connectivity index (χ3v) is 2.45. The van der Waals surface area contributed by atoms with Gasteiger partial charge in [-0.1, -0.05) is 18.2 Å². The molecule has 3 N–H and O–H groups in total. The summed E-state index contributed by atoms with van der Waals surface area (Å²) in [5.74, 6) is 0.970. The molecule has 1 heterocycles. The lowest BCUT2D eigenvalue weighted by Gasteiger charge is -2.23. The normalized spacial score (nSPS) is 11.1. The van der Waals surface area contributed by atoms with Gasteiger partial charge >= 0.3 is 0 Å². The van der Waals surface area contributed by atoms with E-state index in [1.807, 2.05) is 44.2 Å². The number of para-hydroxylation sites is 1. The van der Waals surface area contributed by atoms with Crippen molar-refractivity contribution in [1.82, 2.24) is 15.2 Å². The molecule has 2 aromatic rings. The van der Waals surface area contributed by atoms with Gasteiger partial charge in [0, 0.05) is 5.69 Å². The van der Waals surface area contributed by atoms with Gasteiger partial charge in [0.15, 0.2) is 5.82 Å². The zero-order chi connectivity index (χ0) is 13.7. The molecule has 6 heteroatoms. The van der Waals surface area contributed by atoms with Crippen LogP contribution in [-0.2, 0) is 0 Å². The second-order valence-corrected chi connectivity index (χ2v) is 4.82. The van der Waals surface area contributed by atoms with E-state index in [2.05, 4.69) is 25.8 Å². The van der Waals surface area contributed by atoms with Crippen molar-refractivity contribution in [2.75, 3.05) is 17.2 Å². The van der Waals surface area contributed by atoms with Gasteiger partial charge in [0.25, 0.3) is 0 Å². The summed E-state index contributed by atoms with van der Waals surface area (Å²) in [6.07, 6.45) is 1.55. The molecule has 0 aliphatic heterocycles. The Morgan fingerprint density at radius 1 is 1.21 bits per heavy atom. The maximum absolute atomic E-state index is 9.21. The highest BCUT2D eigenvalue weighted by molar-refractivity contribution is 5.55. The molecule has 1 aromatic heterocycles. The lowest BCUT2D eigenvalue weighted by molar-refractivity contribution is 0.233. The minimum absolute atomic E-state index is 0.0211. The van der Waals surface area contributed by atoms with Crippen LogP contribution in [0.3, 0.4) is 0 Å². The van der Waals surface area contributed by atoms with Crippen LogP contribution >= 0.6 is 0 Å². The molecule has 0 aliphatic carbocycles. The van der Waals surface area contributed by atoms with Gasteiger partial charge in [-0.15, -0.1) is 5.10 Å². The molecule has 0 fully saturated rings. The smallest absolute Gasteiger partial charge is 0.245 e. The molecule has 0 unspecified atom stereocenters. The summed E-state index contributed by atoms with van der Waals surface area (Å²) in [7, 11) is 0. The second kappa shape index (κ2) is 5.62. The largest absolute Gasteiger partial charge is 0.394 e. The van der Waals surface area contributed by atoms with Crippen molar-refractivity contribution >= 4 is 17.5 Å². The quantitative estimate of drug-likeness (QED) is 0.759. The van der Waals surface area contributed by atoms with Crippen LogP contribution in [-0.4, -0.2) is 32.4 Å². The first-order chi connectivity index (χ1) is 9.09. The van der Waals surface area contributed by atoms with Gasteiger partial charge in [-0.25, -0.2) is 0 Å². The predicted octanol–water partition coefficient (Wildman–Crippen LogP) is 1.80. The van der Waals surface area contributed by atoms with Crippen LogP contribution in [0, 0.1) is 0 Å². The first kappa shape index (κ1) is 13.2. The summed E-state index contributed by atoms with van der Waals surface area (Å²) in [4.78, 5) is 4.29. The van der Waals surface area contributed by atoms with Gasteiger partial charge in [0.1, 0.15) is 0 Å². The van der Waals surface area contributed by atoms with Crippen LogP contribution in [0.5, 0.6) is 0 Å². The number of aromatic nitrogens is 3. The van der Waals surface area contributed by atoms with Crippen LogP contribution in [0.15, 0.2) is 36.5 Å². The van der Waals surface area contributed by atoms with Crippen molar-refractivity contribution in [1.29, 1.82) is 0 Å². The molecule has 6 nitrogen and oxygen atoms in total. The molecule has 19 heavy (non-hydrogen) atoms. The first-order valence-electron chi connectivity index (χ1n) is 6.00. The molecule has 0 spiro atoms. The summed E-state index contributed by atoms with van der Waals surface area (Å²) < 4.78 is 0. The van der Waals surface area contributed by atoms with Gasteiger partial charge in [-0.2, -0.15) is 10.1 Å². The minimum Gasteiger partial charge on any atom is -0.394 e. The molecule has 2 rings (SSSR count). The van der Waals surface area contributed by atoms with E-state index in [1.54, 1.807) is 6.20 Å². The number of nitrogens with zero attached hydrogens (tertiary/aromatic N) is 3. The fraction of sp³-hybridized carbons (Fsp3) is 0.308. The van der Waals surface area contributed by atoms with E-state index in [9.17, 15) is 5.11 Å². The third kappa shape index (κ3) is 3.89. The Labute approximate surface area is 111 Å². The van der Waals surface area contributed by atoms with Crippen molar-refractivity contribution < 1.29 is 5.11 Å². The molecule has 0 bridgehead atoms. The summed E-state index contributed by atoms with van der Waals surface area (Å²) in [5.41, 5.74) is 0.433. The number of hydrogen-bond acceptors (Lipinski definition) is 6. The highest BCUT2D eigenvalue weighted by atomic mass is 16.3. The molecule has 0 saturated carbocycles. The molecule has 100 valence electrons. The molecular formula is C13H17N5O. The second-order valence-electron chi connectivity index (χ2n) is 4.82. The molecule has 0 aliphatic rings. The average Bonchev–Trinajstić information content (AvgIpc) is 2.40. The summed E-state index contributed by atoms with van der Waals surface area (Å²) in [6, 6.07) is 9.69. The van der Waals surface area contributed by atoms with Gasteiger partial charge in [0.05, 0.1) is 18.3 Å². The van der Waals surface area contributed by atoms with E-state index in [0.29, 0.717) is 11.8 Å². The van der Waals surface area contributed by atoms with Crippen LogP contribution in [0.2, 0.25) is 0 Å². The predicted molar refractivity (Wildman–Crippen MR) is 74.3 cm³/mol. The maximum atomic E-state index is 9.21. The van der Waals surface area contributed by atoms with Crippen molar-refractivity contribution in [3.05, 3.63) is 36.5 Å². The number of aliphatic hydroxyl groups is 1. The summed E-state index contributed by atoms with van der Waals surface area (Å²) in [5, 5.41) is 23.1. The van der Waals surface area contributed by atoms with Crippen LogP contribution in [0.1, 0.15) is 13.8 Å². The fourth-order valence-electron chi connectivity index (χ4n) is 1.43. The van der Waals surface area contributed by atoms with Crippen LogP contribution in [0.25, 0.3) is 0 Å². The van der Waals surface area contributed by atoms with Gasteiger partial charge in [0.2, 0.25) is 5.95 Å². The van der Waals surface area contributed by atoms with Crippen molar-refractivity contribution in [2.24, 2.45) is 0 Å². The molecular weight excluding hydrogens is 242 g/mol. The Kier molecular flexibility index (Phi) is 3.91. The van der Waals surface area contributed by atoms with E-state index < -0.39 is 5.54 Å². The minimum atomic E-state index is -0.493. The molecule has 1 aromatic carbocycles. The van der Waals surface area contributed by atoms with E-state index in [0.717, 1.165) is 5.69 Å². The van der Waals surface area contributed by atoms with E-state index in [-0.39, 0.29) is 6.61 Å². The number of rotatable bonds is 5. The first-order valence-corrected chi connectivity index (χ1v) is 6.00. The standard InChI is InChI=1S/C13H17N5O/c1-13(2,9-19)17-12-16-11(8-14-18-12)15-10-6-4-3-5-7-10/h3-8,19H,9H2,1-2H3,(H2,15,16,17,18). The zero-order valence-corrected chi connectivity index (χ0v) is 11.0. The third-order valence-electron chi connectivity index (χ3n) is 2.45. The highest BCUT2D eigenvalue weighted by Crippen LogP contribution is 2.15. The Hall–Kier alpha value is -2.21. The van der Waals surface area contributed by atoms with E-state index >= 15 is 0 Å². The Balaban J connectivity index is 2.11. The number of anilines is 3. The number of nitrogens with one attached hydrogen (secondary N) is 2. The van der Waals surface area contributed by atoms with E-state index in [4.69, 9.17) is 0 Å². The zero-order valence-electron chi connectivity index (χ0n) is 11.0. The molecule has 0 radical (unpaired) electrons. The maximum Gasteiger partial charge on any atom is 0.245 e. The highest BCUT2D eigenvalue weighted by Gasteiger charge is 2.17. The summed E-state index contributed by atoms with van der Waals surface area (Å²) >= 11 is 0. The molecule has 0 saturated heterocycles. The van der Waals surface area contributed by atoms with E-state index in [1.165, 1.54) is 0 Å². The Morgan fingerprint density at radius 3 is 2.63 bits per heavy atom. The van der Waals surface area contributed by atoms with Crippen LogP contribution < -0.4 is 10.6 Å². The Morgan fingerprint density at radius 2 is 1.95 bits per heavy atom. The summed E-state index contributed by atoms with van der Waals surface area (Å²) in [6.45, 7) is 3.69. The SMILES string of the molecule is CC(C)(CO)Nc1nncc(Nc2ccccc2)n1. The van der Waals surface area contributed by atoms with Crippen molar-refractivity contribution in [3.8, 4) is 0 Å². The lowest BCUT2D eigenvalue weighted by Crippen LogP contribution is -2.35.